The number of benzene rings is 2. The van der Waals surface area contributed by atoms with Gasteiger partial charge in [0.1, 0.15) is 12.2 Å². The number of amides is 2. The van der Waals surface area contributed by atoms with Gasteiger partial charge in [-0.3, -0.25) is 9.59 Å². The number of hydrogen-bond acceptors (Lipinski definition) is 4. The predicted molar refractivity (Wildman–Crippen MR) is 93.9 cm³/mol. The molecule has 8 heteroatoms. The second-order valence-corrected chi connectivity index (χ2v) is 6.60. The summed E-state index contributed by atoms with van der Waals surface area (Å²) >= 11 is 0.0834. The molecule has 0 aromatic heterocycles. The quantitative estimate of drug-likeness (QED) is 0.892. The number of nitrogens with one attached hydrogen (secondary N) is 1. The van der Waals surface area contributed by atoms with Crippen molar-refractivity contribution in [2.45, 2.75) is 23.5 Å². The molecule has 0 saturated carbocycles. The van der Waals surface area contributed by atoms with E-state index in [1.54, 1.807) is 36.4 Å². The van der Waals surface area contributed by atoms with Crippen LogP contribution in [0.15, 0.2) is 41.3 Å². The average molecular weight is 375 g/mol. The molecule has 0 radical (unpaired) electrons. The summed E-state index contributed by atoms with van der Waals surface area (Å²) in [7, 11) is 0. The number of fused-ring (bicyclic) bond motifs is 1. The molecule has 1 aliphatic rings. The molecule has 26 heavy (non-hydrogen) atoms. The molecule has 0 bridgehead atoms. The minimum Gasteiger partial charge on any atom is -0.343 e. The standard InChI is InChI=1S/C18H15F2N3O2S/c19-12-6-13(8-21)23(10-12)17(24)9-22-18(25)15-3-1-2-11-4-5-14(26-20)7-16(11)15/h1-5,7,12-13H,6,9-10H2,(H,22,25). The molecular weight excluding hydrogens is 360 g/mol. The van der Waals surface area contributed by atoms with E-state index in [1.165, 1.54) is 0 Å². The Labute approximate surface area is 153 Å². The summed E-state index contributed by atoms with van der Waals surface area (Å²) < 4.78 is 26.2. The van der Waals surface area contributed by atoms with E-state index in [1.807, 2.05) is 6.07 Å². The highest BCUT2D eigenvalue weighted by Gasteiger charge is 2.35. The molecule has 2 aromatic carbocycles. The average Bonchev–Trinajstić information content (AvgIpc) is 3.05. The van der Waals surface area contributed by atoms with E-state index < -0.39 is 24.0 Å². The van der Waals surface area contributed by atoms with E-state index in [4.69, 9.17) is 5.26 Å². The normalized spacial score (nSPS) is 19.3. The SMILES string of the molecule is N#CC1CC(F)CN1C(=O)CNC(=O)c1cccc2ccc(SF)cc12. The number of rotatable bonds is 4. The summed E-state index contributed by atoms with van der Waals surface area (Å²) in [6.45, 7) is -0.476. The molecule has 134 valence electrons. The van der Waals surface area contributed by atoms with Gasteiger partial charge >= 0.3 is 0 Å². The molecule has 1 heterocycles. The van der Waals surface area contributed by atoms with Gasteiger partial charge in [-0.1, -0.05) is 18.2 Å². The van der Waals surface area contributed by atoms with Crippen LogP contribution in [-0.4, -0.2) is 42.0 Å². The maximum absolute atomic E-state index is 13.4. The van der Waals surface area contributed by atoms with Crippen molar-refractivity contribution in [3.05, 3.63) is 42.0 Å². The van der Waals surface area contributed by atoms with Gasteiger partial charge in [0.15, 0.2) is 0 Å². The van der Waals surface area contributed by atoms with Crippen LogP contribution in [0.3, 0.4) is 0 Å². The van der Waals surface area contributed by atoms with E-state index in [0.29, 0.717) is 15.8 Å². The molecular formula is C18H15F2N3O2S. The maximum Gasteiger partial charge on any atom is 0.252 e. The van der Waals surface area contributed by atoms with Crippen molar-refractivity contribution in [2.24, 2.45) is 0 Å². The Hall–Kier alpha value is -2.66. The Kier molecular flexibility index (Phi) is 5.38. The largest absolute Gasteiger partial charge is 0.343 e. The first-order valence-corrected chi connectivity index (χ1v) is 8.68. The molecule has 3 rings (SSSR count). The minimum atomic E-state index is -1.23. The fourth-order valence-corrected chi connectivity index (χ4v) is 3.32. The summed E-state index contributed by atoms with van der Waals surface area (Å²) in [6, 6.07) is 11.1. The van der Waals surface area contributed by atoms with Crippen molar-refractivity contribution in [3.8, 4) is 6.07 Å². The molecule has 2 amide bonds. The van der Waals surface area contributed by atoms with Crippen LogP contribution in [0.1, 0.15) is 16.8 Å². The van der Waals surface area contributed by atoms with Crippen molar-refractivity contribution < 1.29 is 17.9 Å². The summed E-state index contributed by atoms with van der Waals surface area (Å²) in [5.41, 5.74) is 0.313. The number of hydrogen-bond donors (Lipinski definition) is 1. The van der Waals surface area contributed by atoms with Crippen molar-refractivity contribution >= 4 is 34.7 Å². The zero-order valence-corrected chi connectivity index (χ0v) is 14.4. The van der Waals surface area contributed by atoms with Gasteiger partial charge in [0.2, 0.25) is 5.91 Å². The minimum absolute atomic E-state index is 0.0107. The summed E-state index contributed by atoms with van der Waals surface area (Å²) in [4.78, 5) is 26.2. The van der Waals surface area contributed by atoms with Crippen LogP contribution in [0.2, 0.25) is 0 Å². The molecule has 2 atom stereocenters. The first-order valence-electron chi connectivity index (χ1n) is 7.96. The lowest BCUT2D eigenvalue weighted by Crippen LogP contribution is -2.42. The molecule has 1 aliphatic heterocycles. The number of nitrogens with zero attached hydrogens (tertiary/aromatic N) is 2. The van der Waals surface area contributed by atoms with Crippen molar-refractivity contribution in [1.82, 2.24) is 10.2 Å². The van der Waals surface area contributed by atoms with Crippen LogP contribution in [0, 0.1) is 11.3 Å². The number of halogens is 2. The molecule has 1 N–H and O–H groups in total. The zero-order valence-electron chi connectivity index (χ0n) is 13.6. The number of carbonyl (C=O) groups is 2. The van der Waals surface area contributed by atoms with Gasteiger partial charge in [-0.2, -0.15) is 9.15 Å². The molecule has 1 saturated heterocycles. The molecule has 0 aliphatic carbocycles. The summed E-state index contributed by atoms with van der Waals surface area (Å²) in [6.07, 6.45) is -1.24. The Morgan fingerprint density at radius 3 is 2.88 bits per heavy atom. The van der Waals surface area contributed by atoms with Crippen LogP contribution < -0.4 is 5.32 Å². The van der Waals surface area contributed by atoms with Gasteiger partial charge in [-0.05, 0) is 29.0 Å². The van der Waals surface area contributed by atoms with Gasteiger partial charge in [-0.25, -0.2) is 4.39 Å². The second kappa shape index (κ2) is 7.70. The van der Waals surface area contributed by atoms with Gasteiger partial charge in [0, 0.05) is 16.9 Å². The van der Waals surface area contributed by atoms with Crippen LogP contribution in [0.5, 0.6) is 0 Å². The van der Waals surface area contributed by atoms with Gasteiger partial charge in [-0.15, -0.1) is 0 Å². The van der Waals surface area contributed by atoms with Gasteiger partial charge in [0.25, 0.3) is 5.91 Å². The van der Waals surface area contributed by atoms with Crippen LogP contribution >= 0.6 is 12.1 Å². The maximum atomic E-state index is 13.4. The Balaban J connectivity index is 1.74. The molecule has 1 fully saturated rings. The lowest BCUT2D eigenvalue weighted by atomic mass is 10.0. The van der Waals surface area contributed by atoms with E-state index in [-0.39, 0.29) is 31.7 Å². The Morgan fingerprint density at radius 1 is 1.35 bits per heavy atom. The fourth-order valence-electron chi connectivity index (χ4n) is 3.03. The topological polar surface area (TPSA) is 73.2 Å². The van der Waals surface area contributed by atoms with Crippen LogP contribution in [-0.2, 0) is 4.79 Å². The number of carbonyl (C=O) groups excluding carboxylic acids is 2. The lowest BCUT2D eigenvalue weighted by molar-refractivity contribution is -0.130. The second-order valence-electron chi connectivity index (χ2n) is 5.97. The number of nitriles is 1. The van der Waals surface area contributed by atoms with Crippen molar-refractivity contribution in [3.63, 3.8) is 0 Å². The van der Waals surface area contributed by atoms with Gasteiger partial charge in [0.05, 0.1) is 31.3 Å². The van der Waals surface area contributed by atoms with Crippen molar-refractivity contribution in [1.29, 1.82) is 5.26 Å². The lowest BCUT2D eigenvalue weighted by Gasteiger charge is -2.19. The Bertz CT molecular complexity index is 900. The smallest absolute Gasteiger partial charge is 0.252 e. The van der Waals surface area contributed by atoms with E-state index in [9.17, 15) is 17.9 Å². The first-order chi connectivity index (χ1) is 12.5. The summed E-state index contributed by atoms with van der Waals surface area (Å²) in [5, 5.41) is 12.8. The number of alkyl halides is 1. The Morgan fingerprint density at radius 2 is 2.15 bits per heavy atom. The highest BCUT2D eigenvalue weighted by molar-refractivity contribution is 7.94. The molecule has 2 aromatic rings. The molecule has 5 nitrogen and oxygen atoms in total. The van der Waals surface area contributed by atoms with E-state index >= 15 is 0 Å². The third-order valence-corrected chi connectivity index (χ3v) is 4.74. The predicted octanol–water partition coefficient (Wildman–Crippen LogP) is 3.01. The number of likely N-dealkylation sites (tertiary alicyclic amines) is 1. The summed E-state index contributed by atoms with van der Waals surface area (Å²) in [5.74, 6) is -1.00. The zero-order chi connectivity index (χ0) is 18.7. The highest BCUT2D eigenvalue weighted by Crippen LogP contribution is 2.26. The van der Waals surface area contributed by atoms with E-state index in [0.717, 1.165) is 10.3 Å². The van der Waals surface area contributed by atoms with E-state index in [2.05, 4.69) is 5.32 Å². The highest BCUT2D eigenvalue weighted by atomic mass is 32.2. The fraction of sp³-hybridized carbons (Fsp3) is 0.278. The molecule has 0 spiro atoms. The van der Waals surface area contributed by atoms with Crippen LogP contribution in [0.25, 0.3) is 10.8 Å². The van der Waals surface area contributed by atoms with Crippen LogP contribution in [0.4, 0.5) is 8.28 Å². The monoisotopic (exact) mass is 375 g/mol. The van der Waals surface area contributed by atoms with Gasteiger partial charge < -0.3 is 10.2 Å². The van der Waals surface area contributed by atoms with Crippen molar-refractivity contribution in [2.75, 3.05) is 13.1 Å². The third kappa shape index (κ3) is 3.63. The molecule has 2 unspecified atom stereocenters. The third-order valence-electron chi connectivity index (χ3n) is 4.31. The first kappa shape index (κ1) is 18.1.